The molecule has 0 aliphatic rings. The third-order valence-corrected chi connectivity index (χ3v) is 1.80. The van der Waals surface area contributed by atoms with Crippen molar-refractivity contribution in [2.45, 2.75) is 25.1 Å². The number of carbonyl (C=O) groups is 1. The second-order valence-corrected chi connectivity index (χ2v) is 3.18. The zero-order chi connectivity index (χ0) is 10.1. The van der Waals surface area contributed by atoms with Crippen LogP contribution in [0.3, 0.4) is 0 Å². The highest BCUT2D eigenvalue weighted by Crippen LogP contribution is 2.04. The van der Waals surface area contributed by atoms with Gasteiger partial charge in [0.05, 0.1) is 12.0 Å². The number of allylic oxidation sites excluding steroid dienone is 1. The Hall–Kier alpha value is -0.700. The van der Waals surface area contributed by atoms with Gasteiger partial charge in [-0.2, -0.15) is 0 Å². The van der Waals surface area contributed by atoms with E-state index in [1.807, 2.05) is 0 Å². The lowest BCUT2D eigenvalue weighted by molar-refractivity contribution is 0.152. The average Bonchev–Trinajstić information content (AvgIpc) is 2.12. The maximum atomic E-state index is 10.8. The van der Waals surface area contributed by atoms with Crippen molar-refractivity contribution in [1.82, 2.24) is 5.32 Å². The van der Waals surface area contributed by atoms with E-state index in [1.54, 1.807) is 13.0 Å². The first-order valence-electron chi connectivity index (χ1n) is 4.36. The van der Waals surface area contributed by atoms with Gasteiger partial charge in [-0.05, 0) is 19.8 Å². The fourth-order valence-corrected chi connectivity index (χ4v) is 0.980. The molecule has 0 aromatic carbocycles. The van der Waals surface area contributed by atoms with E-state index in [2.05, 4.69) is 16.6 Å². The van der Waals surface area contributed by atoms with Crippen LogP contribution in [0.25, 0.3) is 0 Å². The van der Waals surface area contributed by atoms with Gasteiger partial charge in [0.25, 0.3) is 0 Å². The number of halogens is 1. The largest absolute Gasteiger partial charge is 0.450 e. The molecule has 0 saturated carbocycles. The van der Waals surface area contributed by atoms with Gasteiger partial charge in [-0.3, -0.25) is 0 Å². The summed E-state index contributed by atoms with van der Waals surface area (Å²) in [5.41, 5.74) is 0. The van der Waals surface area contributed by atoms with Crippen LogP contribution >= 0.6 is 11.6 Å². The molecule has 0 aliphatic heterocycles. The van der Waals surface area contributed by atoms with Gasteiger partial charge in [-0.25, -0.2) is 4.79 Å². The Morgan fingerprint density at radius 3 is 3.00 bits per heavy atom. The van der Waals surface area contributed by atoms with Crippen molar-refractivity contribution in [1.29, 1.82) is 0 Å². The molecule has 0 aromatic rings. The van der Waals surface area contributed by atoms with Crippen molar-refractivity contribution in [3.05, 3.63) is 12.7 Å². The first kappa shape index (κ1) is 12.3. The van der Waals surface area contributed by atoms with Crippen LogP contribution in [0.1, 0.15) is 19.8 Å². The van der Waals surface area contributed by atoms with Crippen LogP contribution < -0.4 is 5.32 Å². The Labute approximate surface area is 84.1 Å². The zero-order valence-corrected chi connectivity index (χ0v) is 8.64. The van der Waals surface area contributed by atoms with E-state index in [1.165, 1.54) is 0 Å². The second kappa shape index (κ2) is 7.92. The van der Waals surface area contributed by atoms with Crippen LogP contribution in [-0.2, 0) is 4.74 Å². The lowest BCUT2D eigenvalue weighted by atomic mass is 10.2. The van der Waals surface area contributed by atoms with Crippen LogP contribution in [0.15, 0.2) is 12.7 Å². The van der Waals surface area contributed by atoms with Gasteiger partial charge in [0.1, 0.15) is 0 Å². The molecule has 1 amide bonds. The number of hydrogen-bond acceptors (Lipinski definition) is 2. The van der Waals surface area contributed by atoms with Crippen LogP contribution in [0.5, 0.6) is 0 Å². The number of alkyl carbamates (subject to hydrolysis) is 1. The van der Waals surface area contributed by atoms with Gasteiger partial charge in [0, 0.05) is 6.54 Å². The Morgan fingerprint density at radius 2 is 2.46 bits per heavy atom. The minimum atomic E-state index is -0.410. The van der Waals surface area contributed by atoms with E-state index >= 15 is 0 Å². The summed E-state index contributed by atoms with van der Waals surface area (Å²) in [7, 11) is 0. The summed E-state index contributed by atoms with van der Waals surface area (Å²) in [4.78, 5) is 10.8. The lowest BCUT2D eigenvalue weighted by Gasteiger charge is -2.09. The quantitative estimate of drug-likeness (QED) is 0.534. The van der Waals surface area contributed by atoms with E-state index in [-0.39, 0.29) is 5.38 Å². The third kappa shape index (κ3) is 7.65. The molecule has 1 N–H and O–H groups in total. The Bertz CT molecular complexity index is 162. The molecule has 1 atom stereocenters. The van der Waals surface area contributed by atoms with Crippen molar-refractivity contribution >= 4 is 17.7 Å². The molecular formula is C9H16ClNO2. The van der Waals surface area contributed by atoms with E-state index in [4.69, 9.17) is 11.6 Å². The highest BCUT2D eigenvalue weighted by Gasteiger charge is 2.05. The average molecular weight is 206 g/mol. The molecule has 0 bridgehead atoms. The van der Waals surface area contributed by atoms with Crippen molar-refractivity contribution in [3.63, 3.8) is 0 Å². The summed E-state index contributed by atoms with van der Waals surface area (Å²) in [6, 6.07) is 0. The monoisotopic (exact) mass is 205 g/mol. The molecule has 3 nitrogen and oxygen atoms in total. The molecule has 76 valence electrons. The van der Waals surface area contributed by atoms with Crippen molar-refractivity contribution < 1.29 is 9.53 Å². The van der Waals surface area contributed by atoms with E-state index < -0.39 is 6.09 Å². The molecule has 4 heteroatoms. The number of hydrogen-bond donors (Lipinski definition) is 1. The summed E-state index contributed by atoms with van der Waals surface area (Å²) >= 11 is 5.89. The Morgan fingerprint density at radius 1 is 1.77 bits per heavy atom. The third-order valence-electron chi connectivity index (χ3n) is 1.43. The highest BCUT2D eigenvalue weighted by molar-refractivity contribution is 6.20. The number of ether oxygens (including phenoxy) is 1. The molecule has 0 fully saturated rings. The minimum absolute atomic E-state index is 0.0533. The Balaban J connectivity index is 3.39. The van der Waals surface area contributed by atoms with Crippen LogP contribution in [0.4, 0.5) is 4.79 Å². The van der Waals surface area contributed by atoms with Gasteiger partial charge in [0.2, 0.25) is 0 Å². The van der Waals surface area contributed by atoms with Crippen LogP contribution in [0, 0.1) is 0 Å². The maximum absolute atomic E-state index is 10.8. The van der Waals surface area contributed by atoms with Gasteiger partial charge in [-0.15, -0.1) is 18.2 Å². The van der Waals surface area contributed by atoms with Crippen LogP contribution in [-0.4, -0.2) is 24.6 Å². The molecule has 0 spiro atoms. The van der Waals surface area contributed by atoms with Gasteiger partial charge in [0.15, 0.2) is 0 Å². The smallest absolute Gasteiger partial charge is 0.407 e. The minimum Gasteiger partial charge on any atom is -0.450 e. The van der Waals surface area contributed by atoms with Crippen molar-refractivity contribution in [3.8, 4) is 0 Å². The molecule has 0 rings (SSSR count). The number of nitrogens with one attached hydrogen (secondary N) is 1. The number of carbonyl (C=O) groups excluding carboxylic acids is 1. The van der Waals surface area contributed by atoms with E-state index in [0.717, 1.165) is 12.8 Å². The standard InChI is InChI=1S/C9H16ClNO2/c1-3-5-6-8(10)7-11-9(12)13-4-2/h3,8H,1,4-7H2,2H3,(H,11,12). The normalized spacial score (nSPS) is 11.8. The molecule has 0 aromatic heterocycles. The molecule has 0 radical (unpaired) electrons. The number of alkyl halides is 1. The first-order valence-corrected chi connectivity index (χ1v) is 4.80. The molecule has 0 saturated heterocycles. The van der Waals surface area contributed by atoms with Crippen molar-refractivity contribution in [2.75, 3.05) is 13.2 Å². The molecule has 0 heterocycles. The predicted octanol–water partition coefficient (Wildman–Crippen LogP) is 2.31. The lowest BCUT2D eigenvalue weighted by Crippen LogP contribution is -2.30. The summed E-state index contributed by atoms with van der Waals surface area (Å²) in [6.45, 7) is 6.17. The highest BCUT2D eigenvalue weighted by atomic mass is 35.5. The molecule has 1 unspecified atom stereocenters. The van der Waals surface area contributed by atoms with Gasteiger partial charge < -0.3 is 10.1 Å². The SMILES string of the molecule is C=CCCC(Cl)CNC(=O)OCC. The van der Waals surface area contributed by atoms with Gasteiger partial charge >= 0.3 is 6.09 Å². The maximum Gasteiger partial charge on any atom is 0.407 e. The van der Waals surface area contributed by atoms with E-state index in [0.29, 0.717) is 13.2 Å². The molecule has 13 heavy (non-hydrogen) atoms. The summed E-state index contributed by atoms with van der Waals surface area (Å²) in [6.07, 6.45) is 3.07. The molecule has 0 aliphatic carbocycles. The Kier molecular flexibility index (Phi) is 7.50. The fraction of sp³-hybridized carbons (Fsp3) is 0.667. The van der Waals surface area contributed by atoms with Crippen LogP contribution in [0.2, 0.25) is 0 Å². The predicted molar refractivity (Wildman–Crippen MR) is 54.1 cm³/mol. The first-order chi connectivity index (χ1) is 6.20. The number of rotatable bonds is 6. The molecular weight excluding hydrogens is 190 g/mol. The zero-order valence-electron chi connectivity index (χ0n) is 7.88. The fourth-order valence-electron chi connectivity index (χ4n) is 0.777. The summed E-state index contributed by atoms with van der Waals surface area (Å²) < 4.78 is 4.67. The van der Waals surface area contributed by atoms with E-state index in [9.17, 15) is 4.79 Å². The second-order valence-electron chi connectivity index (χ2n) is 2.56. The summed E-state index contributed by atoms with van der Waals surface area (Å²) in [5.74, 6) is 0. The summed E-state index contributed by atoms with van der Waals surface area (Å²) in [5, 5.41) is 2.51. The van der Waals surface area contributed by atoms with Gasteiger partial charge in [-0.1, -0.05) is 6.08 Å². The number of amides is 1. The topological polar surface area (TPSA) is 38.3 Å². The van der Waals surface area contributed by atoms with Crippen molar-refractivity contribution in [2.24, 2.45) is 0 Å².